The van der Waals surface area contributed by atoms with Crippen molar-refractivity contribution in [1.29, 1.82) is 0 Å². The number of benzene rings is 1. The van der Waals surface area contributed by atoms with Crippen molar-refractivity contribution in [2.45, 2.75) is 32.4 Å². The predicted octanol–water partition coefficient (Wildman–Crippen LogP) is 3.58. The fourth-order valence-corrected chi connectivity index (χ4v) is 4.08. The van der Waals surface area contributed by atoms with Gasteiger partial charge in [0.2, 0.25) is 0 Å². The Hall–Kier alpha value is -1.22. The molecule has 1 aromatic heterocycles. The van der Waals surface area contributed by atoms with Crippen molar-refractivity contribution in [3.8, 4) is 0 Å². The Balaban J connectivity index is 1.78. The number of imidazole rings is 1. The van der Waals surface area contributed by atoms with E-state index >= 15 is 0 Å². The lowest BCUT2D eigenvalue weighted by molar-refractivity contribution is 0.0304. The number of amides is 1. The Bertz CT molecular complexity index is 782. The van der Waals surface area contributed by atoms with Crippen molar-refractivity contribution in [2.75, 3.05) is 32.9 Å². The smallest absolute Gasteiger partial charge is 0.256 e. The van der Waals surface area contributed by atoms with Gasteiger partial charge in [0, 0.05) is 32.2 Å². The topological polar surface area (TPSA) is 56.6 Å². The number of hydrogen-bond donors (Lipinski definition) is 0. The van der Waals surface area contributed by atoms with E-state index in [0.29, 0.717) is 38.6 Å². The predicted molar refractivity (Wildman–Crippen MR) is 108 cm³/mol. The zero-order valence-electron chi connectivity index (χ0n) is 15.6. The van der Waals surface area contributed by atoms with Crippen molar-refractivity contribution in [3.05, 3.63) is 28.5 Å². The molecule has 1 amide bonds. The molecule has 1 aliphatic rings. The van der Waals surface area contributed by atoms with Crippen LogP contribution in [0.3, 0.4) is 0 Å². The Labute approximate surface area is 163 Å². The fraction of sp³-hybridized carbons (Fsp3) is 0.556. The van der Waals surface area contributed by atoms with Crippen LogP contribution >= 0.6 is 15.9 Å². The molecule has 8 heteroatoms. The average Bonchev–Trinajstić information content (AvgIpc) is 3.00. The molecule has 0 atom stereocenters. The largest absolute Gasteiger partial charge is 0.378 e. The summed E-state index contributed by atoms with van der Waals surface area (Å²) in [7, 11) is -1.10. The summed E-state index contributed by atoms with van der Waals surface area (Å²) in [6.07, 6.45) is 1.75. The Kier molecular flexibility index (Phi) is 6.16. The van der Waals surface area contributed by atoms with Gasteiger partial charge in [-0.05, 0) is 18.2 Å². The molecule has 1 saturated heterocycles. The molecule has 2 heterocycles. The molecule has 1 aliphatic heterocycles. The van der Waals surface area contributed by atoms with E-state index in [1.54, 1.807) is 6.33 Å². The van der Waals surface area contributed by atoms with Gasteiger partial charge in [-0.2, -0.15) is 0 Å². The number of morpholine rings is 1. The lowest BCUT2D eigenvalue weighted by atomic mass is 10.1. The minimum absolute atomic E-state index is 0.00417. The highest BCUT2D eigenvalue weighted by Gasteiger charge is 2.22. The molecule has 26 heavy (non-hydrogen) atoms. The minimum Gasteiger partial charge on any atom is -0.378 e. The molecule has 0 saturated carbocycles. The van der Waals surface area contributed by atoms with Crippen LogP contribution in [0.15, 0.2) is 22.9 Å². The quantitative estimate of drug-likeness (QED) is 0.509. The summed E-state index contributed by atoms with van der Waals surface area (Å²) in [6.45, 7) is 10.6. The third-order valence-electron chi connectivity index (χ3n) is 4.45. The molecule has 0 radical (unpaired) electrons. The van der Waals surface area contributed by atoms with E-state index in [1.807, 2.05) is 21.6 Å². The number of aromatic nitrogens is 2. The molecule has 0 spiro atoms. The molecule has 3 rings (SSSR count). The number of carbonyl (C=O) groups excluding carboxylic acids is 1. The van der Waals surface area contributed by atoms with Gasteiger partial charge < -0.3 is 18.9 Å². The molecule has 2 aromatic rings. The molecule has 6 nitrogen and oxygen atoms in total. The average molecular weight is 440 g/mol. The Morgan fingerprint density at radius 3 is 2.73 bits per heavy atom. The van der Waals surface area contributed by atoms with Crippen LogP contribution in [0.4, 0.5) is 0 Å². The van der Waals surface area contributed by atoms with E-state index in [4.69, 9.17) is 9.47 Å². The zero-order chi connectivity index (χ0) is 18.7. The standard InChI is InChI=1S/C18H26BrN3O3Si/c1-26(2,3)9-8-25-13-22-12-20-17-15(10-14(19)11-16(17)22)18(23)21-4-6-24-7-5-21/h10-12H,4-9,13H2,1-3H3. The second-order valence-corrected chi connectivity index (χ2v) is 14.3. The van der Waals surface area contributed by atoms with E-state index in [2.05, 4.69) is 40.6 Å². The second-order valence-electron chi connectivity index (χ2n) is 7.79. The first-order valence-corrected chi connectivity index (χ1v) is 13.4. The van der Waals surface area contributed by atoms with Crippen molar-refractivity contribution in [3.63, 3.8) is 0 Å². The normalized spacial score (nSPS) is 15.6. The van der Waals surface area contributed by atoms with Crippen LogP contribution in [-0.2, 0) is 16.2 Å². The van der Waals surface area contributed by atoms with Gasteiger partial charge in [0.05, 0.1) is 30.6 Å². The first kappa shape index (κ1) is 19.5. The number of halogens is 1. The summed E-state index contributed by atoms with van der Waals surface area (Å²) in [4.78, 5) is 19.2. The van der Waals surface area contributed by atoms with Crippen LogP contribution in [0.1, 0.15) is 10.4 Å². The maximum Gasteiger partial charge on any atom is 0.256 e. The van der Waals surface area contributed by atoms with Gasteiger partial charge in [0.1, 0.15) is 12.2 Å². The minimum atomic E-state index is -1.10. The molecule has 0 N–H and O–H groups in total. The van der Waals surface area contributed by atoms with E-state index < -0.39 is 8.07 Å². The SMILES string of the molecule is C[Si](C)(C)CCOCn1cnc2c(C(=O)N3CCOCC3)cc(Br)cc21. The van der Waals surface area contributed by atoms with Crippen LogP contribution in [0.2, 0.25) is 25.7 Å². The van der Waals surface area contributed by atoms with E-state index in [9.17, 15) is 4.79 Å². The lowest BCUT2D eigenvalue weighted by Crippen LogP contribution is -2.40. The second kappa shape index (κ2) is 8.20. The maximum atomic E-state index is 12.9. The molecule has 0 unspecified atom stereocenters. The molecule has 0 aliphatic carbocycles. The molecule has 1 aromatic carbocycles. The van der Waals surface area contributed by atoms with Gasteiger partial charge in [-0.25, -0.2) is 4.98 Å². The van der Waals surface area contributed by atoms with Gasteiger partial charge in [-0.1, -0.05) is 35.6 Å². The highest BCUT2D eigenvalue weighted by molar-refractivity contribution is 9.10. The maximum absolute atomic E-state index is 12.9. The lowest BCUT2D eigenvalue weighted by Gasteiger charge is -2.27. The Morgan fingerprint density at radius 2 is 2.04 bits per heavy atom. The fourth-order valence-electron chi connectivity index (χ4n) is 2.87. The Morgan fingerprint density at radius 1 is 1.31 bits per heavy atom. The summed E-state index contributed by atoms with van der Waals surface area (Å²) >= 11 is 3.53. The summed E-state index contributed by atoms with van der Waals surface area (Å²) in [6, 6.07) is 4.97. The van der Waals surface area contributed by atoms with Crippen LogP contribution in [0.5, 0.6) is 0 Å². The number of hydrogen-bond acceptors (Lipinski definition) is 4. The van der Waals surface area contributed by atoms with Crippen LogP contribution < -0.4 is 0 Å². The van der Waals surface area contributed by atoms with Gasteiger partial charge in [0.25, 0.3) is 5.91 Å². The van der Waals surface area contributed by atoms with Crippen molar-refractivity contribution in [1.82, 2.24) is 14.5 Å². The van der Waals surface area contributed by atoms with Gasteiger partial charge in [-0.3, -0.25) is 4.79 Å². The monoisotopic (exact) mass is 439 g/mol. The third kappa shape index (κ3) is 4.73. The van der Waals surface area contributed by atoms with E-state index in [0.717, 1.165) is 28.2 Å². The number of fused-ring (bicyclic) bond motifs is 1. The summed E-state index contributed by atoms with van der Waals surface area (Å²) in [5, 5.41) is 0. The van der Waals surface area contributed by atoms with Gasteiger partial charge in [-0.15, -0.1) is 0 Å². The highest BCUT2D eigenvalue weighted by atomic mass is 79.9. The van der Waals surface area contributed by atoms with Crippen LogP contribution in [0.25, 0.3) is 11.0 Å². The summed E-state index contributed by atoms with van der Waals surface area (Å²) < 4.78 is 14.0. The van der Waals surface area contributed by atoms with Crippen molar-refractivity contribution < 1.29 is 14.3 Å². The third-order valence-corrected chi connectivity index (χ3v) is 6.61. The number of ether oxygens (including phenoxy) is 2. The molecule has 0 bridgehead atoms. The van der Waals surface area contributed by atoms with Crippen LogP contribution in [-0.4, -0.2) is 61.3 Å². The molecule has 1 fully saturated rings. The zero-order valence-corrected chi connectivity index (χ0v) is 18.2. The highest BCUT2D eigenvalue weighted by Crippen LogP contribution is 2.25. The molecular weight excluding hydrogens is 414 g/mol. The molecule has 142 valence electrons. The van der Waals surface area contributed by atoms with Gasteiger partial charge in [0.15, 0.2) is 0 Å². The first-order valence-electron chi connectivity index (χ1n) is 8.94. The summed E-state index contributed by atoms with van der Waals surface area (Å²) in [5.74, 6) is 0.00417. The molecular formula is C18H26BrN3O3Si. The number of rotatable bonds is 6. The van der Waals surface area contributed by atoms with Crippen LogP contribution in [0, 0.1) is 0 Å². The van der Waals surface area contributed by atoms with Crippen molar-refractivity contribution >= 4 is 40.9 Å². The first-order chi connectivity index (χ1) is 12.3. The van der Waals surface area contributed by atoms with E-state index in [-0.39, 0.29) is 5.91 Å². The van der Waals surface area contributed by atoms with E-state index in [1.165, 1.54) is 0 Å². The summed E-state index contributed by atoms with van der Waals surface area (Å²) in [5.41, 5.74) is 2.25. The van der Waals surface area contributed by atoms with Gasteiger partial charge >= 0.3 is 0 Å². The number of nitrogens with zero attached hydrogens (tertiary/aromatic N) is 3. The van der Waals surface area contributed by atoms with Crippen molar-refractivity contribution in [2.24, 2.45) is 0 Å². The number of carbonyl (C=O) groups is 1.